The van der Waals surface area contributed by atoms with Crippen LogP contribution in [0.15, 0.2) is 60.0 Å². The lowest BCUT2D eigenvalue weighted by atomic mass is 9.84. The second kappa shape index (κ2) is 8.83. The van der Waals surface area contributed by atoms with Crippen molar-refractivity contribution >= 4 is 17.7 Å². The number of fused-ring (bicyclic) bond motifs is 2. The van der Waals surface area contributed by atoms with E-state index in [1.54, 1.807) is 12.4 Å². The van der Waals surface area contributed by atoms with Gasteiger partial charge < -0.3 is 5.32 Å². The summed E-state index contributed by atoms with van der Waals surface area (Å²) in [6, 6.07) is 14.1. The lowest BCUT2D eigenvalue weighted by Gasteiger charge is -2.28. The summed E-state index contributed by atoms with van der Waals surface area (Å²) in [6.07, 6.45) is 8.87. The molecule has 0 spiro atoms. The van der Waals surface area contributed by atoms with Gasteiger partial charge in [-0.3, -0.25) is 14.3 Å². The molecule has 7 heteroatoms. The highest BCUT2D eigenvalue weighted by atomic mass is 32.2. The Balaban J connectivity index is 1.30. The molecule has 2 aliphatic carbocycles. The molecule has 3 aromatic rings. The molecule has 1 aromatic carbocycles. The van der Waals surface area contributed by atoms with Gasteiger partial charge in [0.05, 0.1) is 5.75 Å². The number of amides is 1. The number of para-hydroxylation sites is 1. The summed E-state index contributed by atoms with van der Waals surface area (Å²) in [4.78, 5) is 16.9. The van der Waals surface area contributed by atoms with E-state index in [0.29, 0.717) is 16.8 Å². The summed E-state index contributed by atoms with van der Waals surface area (Å²) < 4.78 is 1.99. The topological polar surface area (TPSA) is 72.7 Å². The maximum Gasteiger partial charge on any atom is 0.230 e. The van der Waals surface area contributed by atoms with Gasteiger partial charge in [-0.1, -0.05) is 36.4 Å². The fourth-order valence-electron chi connectivity index (χ4n) is 5.29. The van der Waals surface area contributed by atoms with Crippen LogP contribution in [0.2, 0.25) is 0 Å². The number of carbonyl (C=O) groups excluding carboxylic acids is 1. The fraction of sp³-hybridized carbons (Fsp3) is 0.417. The quantitative estimate of drug-likeness (QED) is 0.561. The van der Waals surface area contributed by atoms with Gasteiger partial charge in [-0.25, -0.2) is 0 Å². The molecule has 1 amide bonds. The van der Waals surface area contributed by atoms with E-state index in [-0.39, 0.29) is 11.9 Å². The Morgan fingerprint density at radius 3 is 2.74 bits per heavy atom. The molecule has 4 unspecified atom stereocenters. The van der Waals surface area contributed by atoms with Crippen LogP contribution in [0.1, 0.15) is 32.6 Å². The average Bonchev–Trinajstić information content (AvgIpc) is 3.54. The second-order valence-corrected chi connectivity index (χ2v) is 9.64. The van der Waals surface area contributed by atoms with Crippen LogP contribution in [0.5, 0.6) is 0 Å². The number of carbonyl (C=O) groups is 1. The number of thioether (sulfide) groups is 1. The maximum absolute atomic E-state index is 12.7. The highest BCUT2D eigenvalue weighted by Gasteiger charge is 2.42. The Kier molecular flexibility index (Phi) is 5.76. The molecule has 2 bridgehead atoms. The lowest BCUT2D eigenvalue weighted by Crippen LogP contribution is -2.40. The summed E-state index contributed by atoms with van der Waals surface area (Å²) in [5, 5.41) is 12.8. The van der Waals surface area contributed by atoms with Crippen LogP contribution >= 0.6 is 11.8 Å². The third kappa shape index (κ3) is 4.24. The molecule has 4 atom stereocenters. The van der Waals surface area contributed by atoms with Gasteiger partial charge in [0.2, 0.25) is 5.91 Å². The van der Waals surface area contributed by atoms with E-state index in [9.17, 15) is 4.79 Å². The van der Waals surface area contributed by atoms with Crippen LogP contribution in [-0.2, 0) is 4.79 Å². The van der Waals surface area contributed by atoms with Crippen molar-refractivity contribution < 1.29 is 4.79 Å². The standard InChI is InChI=1S/C24H27N5OS/c1-16(21-13-17-9-10-18(21)12-17)26-22(30)15-31-24-28-27-23(19-6-5-11-25-14-19)29(24)20-7-3-2-4-8-20/h2-8,11,14,16-18,21H,9-10,12-13,15H2,1H3,(H,26,30). The Morgan fingerprint density at radius 2 is 2.03 bits per heavy atom. The van der Waals surface area contributed by atoms with Crippen LogP contribution in [-0.4, -0.2) is 37.5 Å². The minimum atomic E-state index is 0.0609. The summed E-state index contributed by atoms with van der Waals surface area (Å²) in [5.41, 5.74) is 1.85. The number of hydrogen-bond acceptors (Lipinski definition) is 5. The third-order valence-electron chi connectivity index (χ3n) is 6.72. The van der Waals surface area contributed by atoms with E-state index in [2.05, 4.69) is 27.4 Å². The fourth-order valence-corrected chi connectivity index (χ4v) is 6.06. The highest BCUT2D eigenvalue weighted by Crippen LogP contribution is 2.49. The molecule has 31 heavy (non-hydrogen) atoms. The van der Waals surface area contributed by atoms with Gasteiger partial charge in [0.15, 0.2) is 11.0 Å². The molecule has 6 nitrogen and oxygen atoms in total. The monoisotopic (exact) mass is 433 g/mol. The van der Waals surface area contributed by atoms with E-state index < -0.39 is 0 Å². The Morgan fingerprint density at radius 1 is 1.16 bits per heavy atom. The molecule has 0 aliphatic heterocycles. The van der Waals surface area contributed by atoms with Crippen molar-refractivity contribution in [2.24, 2.45) is 17.8 Å². The number of hydrogen-bond donors (Lipinski definition) is 1. The smallest absolute Gasteiger partial charge is 0.230 e. The van der Waals surface area contributed by atoms with E-state index >= 15 is 0 Å². The van der Waals surface area contributed by atoms with Crippen molar-refractivity contribution in [3.8, 4) is 17.1 Å². The van der Waals surface area contributed by atoms with Crippen molar-refractivity contribution in [2.45, 2.75) is 43.8 Å². The molecule has 5 rings (SSSR count). The summed E-state index contributed by atoms with van der Waals surface area (Å²) >= 11 is 1.42. The predicted octanol–water partition coefficient (Wildman–Crippen LogP) is 4.36. The number of nitrogens with zero attached hydrogens (tertiary/aromatic N) is 4. The predicted molar refractivity (Wildman–Crippen MR) is 122 cm³/mol. The van der Waals surface area contributed by atoms with E-state index in [0.717, 1.165) is 28.9 Å². The Hall–Kier alpha value is -2.67. The molecule has 2 saturated carbocycles. The maximum atomic E-state index is 12.7. The normalized spacial score (nSPS) is 23.1. The third-order valence-corrected chi connectivity index (χ3v) is 7.65. The van der Waals surface area contributed by atoms with Crippen molar-refractivity contribution in [1.82, 2.24) is 25.1 Å². The van der Waals surface area contributed by atoms with Crippen LogP contribution in [0, 0.1) is 17.8 Å². The van der Waals surface area contributed by atoms with Crippen molar-refractivity contribution in [1.29, 1.82) is 0 Å². The first kappa shape index (κ1) is 20.2. The first-order valence-electron chi connectivity index (χ1n) is 11.0. The Bertz CT molecular complexity index is 1040. The zero-order valence-electron chi connectivity index (χ0n) is 17.6. The van der Waals surface area contributed by atoms with Gasteiger partial charge in [0.1, 0.15) is 0 Å². The van der Waals surface area contributed by atoms with Gasteiger partial charge in [-0.2, -0.15) is 0 Å². The first-order chi connectivity index (χ1) is 15.2. The van der Waals surface area contributed by atoms with Crippen LogP contribution < -0.4 is 5.32 Å². The van der Waals surface area contributed by atoms with Crippen LogP contribution in [0.25, 0.3) is 17.1 Å². The molecule has 2 aromatic heterocycles. The minimum absolute atomic E-state index is 0.0609. The highest BCUT2D eigenvalue weighted by molar-refractivity contribution is 7.99. The molecular weight excluding hydrogens is 406 g/mol. The summed E-state index contributed by atoms with van der Waals surface area (Å²) in [7, 11) is 0. The van der Waals surface area contributed by atoms with Gasteiger partial charge in [0, 0.05) is 29.7 Å². The first-order valence-corrected chi connectivity index (χ1v) is 12.0. The average molecular weight is 434 g/mol. The van der Waals surface area contributed by atoms with Crippen LogP contribution in [0.3, 0.4) is 0 Å². The van der Waals surface area contributed by atoms with E-state index in [1.165, 1.54) is 37.4 Å². The molecule has 2 fully saturated rings. The summed E-state index contributed by atoms with van der Waals surface area (Å²) in [5.74, 6) is 3.43. The number of benzene rings is 1. The number of aromatic nitrogens is 4. The molecular formula is C24H27N5OS. The van der Waals surface area contributed by atoms with Crippen molar-refractivity contribution in [2.75, 3.05) is 5.75 Å². The number of nitrogens with one attached hydrogen (secondary N) is 1. The molecule has 0 radical (unpaired) electrons. The van der Waals surface area contributed by atoms with Gasteiger partial charge in [0.25, 0.3) is 0 Å². The van der Waals surface area contributed by atoms with Gasteiger partial charge in [-0.05, 0) is 68.2 Å². The molecule has 2 heterocycles. The summed E-state index contributed by atoms with van der Waals surface area (Å²) in [6.45, 7) is 2.17. The zero-order chi connectivity index (χ0) is 21.2. The van der Waals surface area contributed by atoms with E-state index in [4.69, 9.17) is 0 Å². The van der Waals surface area contributed by atoms with E-state index in [1.807, 2.05) is 47.0 Å². The van der Waals surface area contributed by atoms with Crippen molar-refractivity contribution in [3.63, 3.8) is 0 Å². The molecule has 1 N–H and O–H groups in total. The lowest BCUT2D eigenvalue weighted by molar-refractivity contribution is -0.119. The van der Waals surface area contributed by atoms with Crippen LogP contribution in [0.4, 0.5) is 0 Å². The number of pyridine rings is 1. The van der Waals surface area contributed by atoms with Gasteiger partial charge in [-0.15, -0.1) is 10.2 Å². The minimum Gasteiger partial charge on any atom is -0.353 e. The SMILES string of the molecule is CC(NC(=O)CSc1nnc(-c2cccnc2)n1-c1ccccc1)C1CC2CCC1C2. The molecule has 0 saturated heterocycles. The molecule has 2 aliphatic rings. The molecule has 160 valence electrons. The van der Waals surface area contributed by atoms with Gasteiger partial charge >= 0.3 is 0 Å². The second-order valence-electron chi connectivity index (χ2n) is 8.70. The number of rotatable bonds is 7. The Labute approximate surface area is 186 Å². The zero-order valence-corrected chi connectivity index (χ0v) is 18.5. The largest absolute Gasteiger partial charge is 0.353 e. The van der Waals surface area contributed by atoms with Crippen molar-refractivity contribution in [3.05, 3.63) is 54.9 Å².